The van der Waals surface area contributed by atoms with Crippen molar-refractivity contribution in [2.45, 2.75) is 12.5 Å². The van der Waals surface area contributed by atoms with Crippen LogP contribution in [-0.4, -0.2) is 33.0 Å². The van der Waals surface area contributed by atoms with E-state index in [-0.39, 0.29) is 17.8 Å². The van der Waals surface area contributed by atoms with Crippen LogP contribution in [0.3, 0.4) is 0 Å². The van der Waals surface area contributed by atoms with Crippen LogP contribution in [0.2, 0.25) is 0 Å². The number of nitrogens with zero attached hydrogens (tertiary/aromatic N) is 2. The Bertz CT molecular complexity index is 1200. The Labute approximate surface area is 178 Å². The van der Waals surface area contributed by atoms with Crippen LogP contribution in [0.15, 0.2) is 73.2 Å². The lowest BCUT2D eigenvalue weighted by atomic mass is 10.0. The Kier molecular flexibility index (Phi) is 5.01. The third kappa shape index (κ3) is 3.59. The first-order valence-electron chi connectivity index (χ1n) is 9.89. The van der Waals surface area contributed by atoms with E-state index < -0.39 is 0 Å². The molecular formula is C24H20FN3OS. The number of fused-ring (bicyclic) bond motifs is 1. The minimum Gasteiger partial charge on any atom is -0.348 e. The van der Waals surface area contributed by atoms with Gasteiger partial charge in [-0.3, -0.25) is 9.78 Å². The molecule has 0 radical (unpaired) electrons. The van der Waals surface area contributed by atoms with Crippen LogP contribution < -0.4 is 5.32 Å². The Balaban J connectivity index is 1.62. The zero-order chi connectivity index (χ0) is 20.5. The van der Waals surface area contributed by atoms with E-state index in [1.165, 1.54) is 12.1 Å². The minimum absolute atomic E-state index is 0.0563. The van der Waals surface area contributed by atoms with E-state index in [1.54, 1.807) is 18.3 Å². The molecule has 1 aliphatic heterocycles. The molecule has 1 amide bonds. The quantitative estimate of drug-likeness (QED) is 0.504. The monoisotopic (exact) mass is 417 g/mol. The Morgan fingerprint density at radius 1 is 1.17 bits per heavy atom. The molecule has 6 heteroatoms. The first-order valence-corrected chi connectivity index (χ1v) is 11.0. The van der Waals surface area contributed by atoms with E-state index in [0.29, 0.717) is 5.56 Å². The van der Waals surface area contributed by atoms with Crippen LogP contribution >= 0.6 is 11.8 Å². The minimum atomic E-state index is -0.280. The van der Waals surface area contributed by atoms with Crippen LogP contribution in [0, 0.1) is 5.82 Å². The highest BCUT2D eigenvalue weighted by Gasteiger charge is 2.20. The van der Waals surface area contributed by atoms with Gasteiger partial charge in [0, 0.05) is 58.1 Å². The van der Waals surface area contributed by atoms with E-state index in [4.69, 9.17) is 0 Å². The second-order valence-corrected chi connectivity index (χ2v) is 8.55. The van der Waals surface area contributed by atoms with Crippen molar-refractivity contribution >= 4 is 28.6 Å². The molecule has 5 rings (SSSR count). The Morgan fingerprint density at radius 3 is 2.77 bits per heavy atom. The van der Waals surface area contributed by atoms with E-state index in [9.17, 15) is 9.18 Å². The third-order valence-corrected chi connectivity index (χ3v) is 6.57. The maximum absolute atomic E-state index is 13.5. The molecule has 1 aliphatic rings. The van der Waals surface area contributed by atoms with Crippen molar-refractivity contribution < 1.29 is 9.18 Å². The number of aromatic nitrogens is 2. The Hall–Kier alpha value is -3.12. The van der Waals surface area contributed by atoms with Crippen molar-refractivity contribution in [2.75, 3.05) is 11.5 Å². The molecule has 1 unspecified atom stereocenters. The molecule has 1 N–H and O–H groups in total. The standard InChI is InChI=1S/C24H20FN3OS/c25-18-4-6-20(7-5-18)28-14-22(17-2-1-10-26-13-17)21-8-3-16(12-23(21)28)24(29)27-19-9-11-30-15-19/h1-8,10,12-14,19H,9,11,15H2,(H,27,29). The van der Waals surface area contributed by atoms with Gasteiger partial charge in [0.1, 0.15) is 5.82 Å². The number of halogens is 1. The molecule has 0 bridgehead atoms. The van der Waals surface area contributed by atoms with Crippen molar-refractivity contribution in [2.24, 2.45) is 0 Å². The van der Waals surface area contributed by atoms with Crippen LogP contribution in [0.5, 0.6) is 0 Å². The number of rotatable bonds is 4. The summed E-state index contributed by atoms with van der Waals surface area (Å²) in [6.07, 6.45) is 6.59. The number of carbonyl (C=O) groups excluding carboxylic acids is 1. The summed E-state index contributed by atoms with van der Waals surface area (Å²) in [5.41, 5.74) is 4.36. The zero-order valence-electron chi connectivity index (χ0n) is 16.2. The highest BCUT2D eigenvalue weighted by molar-refractivity contribution is 7.99. The van der Waals surface area contributed by atoms with Gasteiger partial charge in [-0.05, 0) is 54.6 Å². The Morgan fingerprint density at radius 2 is 2.03 bits per heavy atom. The van der Waals surface area contributed by atoms with Crippen molar-refractivity contribution in [1.82, 2.24) is 14.9 Å². The van der Waals surface area contributed by atoms with Crippen molar-refractivity contribution in [3.63, 3.8) is 0 Å². The highest BCUT2D eigenvalue weighted by atomic mass is 32.2. The fourth-order valence-electron chi connectivity index (χ4n) is 3.85. The normalized spacial score (nSPS) is 16.1. The number of thioether (sulfide) groups is 1. The topological polar surface area (TPSA) is 46.9 Å². The summed E-state index contributed by atoms with van der Waals surface area (Å²) in [5, 5.41) is 4.15. The zero-order valence-corrected chi connectivity index (χ0v) is 17.0. The fraction of sp³-hybridized carbons (Fsp3) is 0.167. The number of hydrogen-bond acceptors (Lipinski definition) is 3. The third-order valence-electron chi connectivity index (χ3n) is 5.41. The molecule has 1 saturated heterocycles. The summed E-state index contributed by atoms with van der Waals surface area (Å²) in [5.74, 6) is 1.72. The lowest BCUT2D eigenvalue weighted by molar-refractivity contribution is 0.0941. The lowest BCUT2D eigenvalue weighted by Crippen LogP contribution is -2.34. The summed E-state index contributed by atoms with van der Waals surface area (Å²) in [6, 6.07) is 16.3. The van der Waals surface area contributed by atoms with E-state index >= 15 is 0 Å². The molecule has 3 heterocycles. The molecule has 4 aromatic rings. The maximum atomic E-state index is 13.5. The second kappa shape index (κ2) is 7.95. The van der Waals surface area contributed by atoms with Crippen molar-refractivity contribution in [1.29, 1.82) is 0 Å². The number of nitrogens with one attached hydrogen (secondary N) is 1. The number of amides is 1. The van der Waals surface area contributed by atoms with Crippen molar-refractivity contribution in [3.8, 4) is 16.8 Å². The number of carbonyl (C=O) groups is 1. The average molecular weight is 418 g/mol. The number of pyridine rings is 1. The largest absolute Gasteiger partial charge is 0.348 e. The summed E-state index contributed by atoms with van der Waals surface area (Å²) in [4.78, 5) is 17.1. The lowest BCUT2D eigenvalue weighted by Gasteiger charge is -2.12. The second-order valence-electron chi connectivity index (χ2n) is 7.40. The summed E-state index contributed by atoms with van der Waals surface area (Å²) in [7, 11) is 0. The predicted octanol–water partition coefficient (Wildman–Crippen LogP) is 5.07. The van der Waals surface area contributed by atoms with Gasteiger partial charge in [0.15, 0.2) is 0 Å². The molecular weight excluding hydrogens is 397 g/mol. The highest BCUT2D eigenvalue weighted by Crippen LogP contribution is 2.33. The van der Waals surface area contributed by atoms with Crippen LogP contribution in [0.1, 0.15) is 16.8 Å². The van der Waals surface area contributed by atoms with Crippen LogP contribution in [0.4, 0.5) is 4.39 Å². The van der Waals surface area contributed by atoms with Gasteiger partial charge in [-0.1, -0.05) is 12.1 Å². The molecule has 0 spiro atoms. The molecule has 150 valence electrons. The molecule has 2 aromatic carbocycles. The van der Waals surface area contributed by atoms with E-state index in [1.807, 2.05) is 59.1 Å². The van der Waals surface area contributed by atoms with Gasteiger partial charge in [-0.15, -0.1) is 0 Å². The molecule has 4 nitrogen and oxygen atoms in total. The smallest absolute Gasteiger partial charge is 0.251 e. The van der Waals surface area contributed by atoms with E-state index in [2.05, 4.69) is 10.3 Å². The maximum Gasteiger partial charge on any atom is 0.251 e. The van der Waals surface area contributed by atoms with Crippen molar-refractivity contribution in [3.05, 3.63) is 84.6 Å². The molecule has 1 atom stereocenters. The summed E-state index contributed by atoms with van der Waals surface area (Å²) >= 11 is 1.87. The first-order chi connectivity index (χ1) is 14.7. The van der Waals surface area contributed by atoms with Gasteiger partial charge in [0.05, 0.1) is 5.52 Å². The van der Waals surface area contributed by atoms with Crippen LogP contribution in [-0.2, 0) is 0 Å². The van der Waals surface area contributed by atoms with Gasteiger partial charge >= 0.3 is 0 Å². The number of benzene rings is 2. The van der Waals surface area contributed by atoms with Crippen LogP contribution in [0.25, 0.3) is 27.7 Å². The molecule has 30 heavy (non-hydrogen) atoms. The van der Waals surface area contributed by atoms with Gasteiger partial charge in [0.2, 0.25) is 0 Å². The van der Waals surface area contributed by atoms with Gasteiger partial charge in [-0.25, -0.2) is 4.39 Å². The van der Waals surface area contributed by atoms with Gasteiger partial charge in [-0.2, -0.15) is 11.8 Å². The fourth-order valence-corrected chi connectivity index (χ4v) is 5.01. The van der Waals surface area contributed by atoms with Gasteiger partial charge in [0.25, 0.3) is 5.91 Å². The van der Waals surface area contributed by atoms with E-state index in [0.717, 1.165) is 45.6 Å². The molecule has 0 aliphatic carbocycles. The molecule has 0 saturated carbocycles. The number of hydrogen-bond donors (Lipinski definition) is 1. The van der Waals surface area contributed by atoms with Gasteiger partial charge < -0.3 is 9.88 Å². The average Bonchev–Trinajstić information content (AvgIpc) is 3.42. The summed E-state index contributed by atoms with van der Waals surface area (Å²) in [6.45, 7) is 0. The molecule has 1 fully saturated rings. The molecule has 2 aromatic heterocycles. The summed E-state index contributed by atoms with van der Waals surface area (Å²) < 4.78 is 15.5. The SMILES string of the molecule is O=C(NC1CCSC1)c1ccc2c(-c3cccnc3)cn(-c3ccc(F)cc3)c2c1. The predicted molar refractivity (Wildman–Crippen MR) is 120 cm³/mol. The first kappa shape index (κ1) is 18.9.